The van der Waals surface area contributed by atoms with Gasteiger partial charge in [0.25, 0.3) is 0 Å². The van der Waals surface area contributed by atoms with Crippen molar-refractivity contribution >= 4 is 93.0 Å². The zero-order valence-electron chi connectivity index (χ0n) is 71.1. The molecule has 0 aliphatic carbocycles. The van der Waals surface area contributed by atoms with Crippen LogP contribution in [0.25, 0.3) is 120 Å². The number of carboxylic acid groups (broad SMARTS) is 1. The third-order valence-electron chi connectivity index (χ3n) is 18.3. The number of nitrogens with zero attached hydrogens (tertiary/aromatic N) is 7. The molecule has 0 aliphatic heterocycles. The number of benzene rings is 10. The van der Waals surface area contributed by atoms with Gasteiger partial charge in [-0.25, -0.2) is 21.1 Å². The number of unbranched alkanes of at least 4 members (excludes halogenated alkanes) is 5. The Hall–Kier alpha value is -10.8. The van der Waals surface area contributed by atoms with E-state index in [4.69, 9.17) is 15.3 Å². The zero-order chi connectivity index (χ0) is 86.9. The van der Waals surface area contributed by atoms with Crippen LogP contribution in [-0.4, -0.2) is 67.7 Å². The number of pyridine rings is 7. The predicted octanol–water partition coefficient (Wildman–Crippen LogP) is 26.9. The van der Waals surface area contributed by atoms with Gasteiger partial charge in [-0.3, -0.25) is 18.4 Å². The molecule has 129 heavy (non-hydrogen) atoms. The van der Waals surface area contributed by atoms with Gasteiger partial charge in [0.1, 0.15) is 5.69 Å². The molecule has 0 atom stereocenters. The Kier molecular flexibility index (Phi) is 51.5. The first kappa shape index (κ1) is 110. The second kappa shape index (κ2) is 60.1. The SMILES string of the molecule is CC(=O)C=C(C)O.CC(=O)C=C(C)O.CCCCCCCCc1c[c-]c(-c2nccc3ccccc23)cc1.Cc1c[c-]c(-c2nccc3ccccc23)cc1.Fc1c[c-]c(-c2ccccn2)c(F)c1.O=C(O)c1ccccn1.[Ir].[Ir].[Ir].[Ir].[Ir].[Ir].[c-]1c(-c2ccccn2)sc2ccccc12.[c-]1cccc2ccc3cccnc3c12.[c-]1ccccc1-c1nccc2ccccc12. The second-order valence-electron chi connectivity index (χ2n) is 27.9. The van der Waals surface area contributed by atoms with Crippen molar-refractivity contribution in [2.24, 2.45) is 0 Å². The molecule has 0 amide bonds. The molecule has 0 fully saturated rings. The van der Waals surface area contributed by atoms with Crippen LogP contribution in [0.5, 0.6) is 0 Å². The van der Waals surface area contributed by atoms with E-state index in [-0.39, 0.29) is 155 Å². The number of hydrogen-bond donors (Lipinski definition) is 3. The van der Waals surface area contributed by atoms with Gasteiger partial charge in [-0.05, 0) is 152 Å². The third kappa shape index (κ3) is 36.2. The summed E-state index contributed by atoms with van der Waals surface area (Å²) in [4.78, 5) is 61.0. The molecular weight excluding hydrogens is 2700 g/mol. The van der Waals surface area contributed by atoms with Gasteiger partial charge in [-0.1, -0.05) is 204 Å². The minimum absolute atomic E-state index is 0. The molecule has 0 saturated heterocycles. The number of aliphatic hydroxyl groups excluding tert-OH is 2. The summed E-state index contributed by atoms with van der Waals surface area (Å²) >= 11 is 1.73. The van der Waals surface area contributed by atoms with E-state index in [9.17, 15) is 23.2 Å². The van der Waals surface area contributed by atoms with Crippen LogP contribution in [0.2, 0.25) is 0 Å². The number of thiophene rings is 1. The number of carboxylic acids is 1. The van der Waals surface area contributed by atoms with Gasteiger partial charge in [0, 0.05) is 193 Å². The Morgan fingerprint density at radius 1 is 0.403 bits per heavy atom. The number of aryl methyl sites for hydroxylation is 2. The average Bonchev–Trinajstić information content (AvgIpc) is 1.61. The first-order valence-corrected chi connectivity index (χ1v) is 40.8. The normalized spacial score (nSPS) is 10.1. The number of fused-ring (bicyclic) bond motifs is 7. The zero-order valence-corrected chi connectivity index (χ0v) is 86.3. The molecule has 13 nitrogen and oxygen atoms in total. The number of aromatic carboxylic acids is 1. The Bertz CT molecular complexity index is 6340. The summed E-state index contributed by atoms with van der Waals surface area (Å²) in [7, 11) is 0. The van der Waals surface area contributed by atoms with E-state index in [1.165, 1.54) is 155 Å². The number of rotatable bonds is 15. The number of aromatic nitrogens is 7. The quantitative estimate of drug-likeness (QED) is 0.0288. The van der Waals surface area contributed by atoms with Gasteiger partial charge >= 0.3 is 5.97 Å². The minimum Gasteiger partial charge on any atom is -0.512 e. The van der Waals surface area contributed by atoms with Crippen LogP contribution >= 0.6 is 11.3 Å². The van der Waals surface area contributed by atoms with Crippen LogP contribution in [0.4, 0.5) is 8.78 Å². The van der Waals surface area contributed by atoms with E-state index in [0.717, 1.165) is 73.8 Å². The van der Waals surface area contributed by atoms with Gasteiger partial charge in [-0.15, -0.1) is 177 Å². The monoisotopic (exact) mass is 2800 g/mol. The third-order valence-corrected chi connectivity index (χ3v) is 19.4. The van der Waals surface area contributed by atoms with Gasteiger partial charge in [0.2, 0.25) is 0 Å². The fourth-order valence-electron chi connectivity index (χ4n) is 12.6. The van der Waals surface area contributed by atoms with E-state index < -0.39 is 17.6 Å². The van der Waals surface area contributed by atoms with Gasteiger partial charge in [0.15, 0.2) is 11.6 Å². The van der Waals surface area contributed by atoms with E-state index in [0.29, 0.717) is 5.69 Å². The summed E-state index contributed by atoms with van der Waals surface area (Å²) in [5.41, 5.74) is 11.5. The van der Waals surface area contributed by atoms with E-state index in [2.05, 4.69) is 213 Å². The molecule has 10 aromatic carbocycles. The van der Waals surface area contributed by atoms with E-state index in [1.807, 2.05) is 140 Å². The van der Waals surface area contributed by atoms with Crippen molar-refractivity contribution in [3.63, 3.8) is 0 Å². The van der Waals surface area contributed by atoms with E-state index in [1.54, 1.807) is 47.9 Å². The van der Waals surface area contributed by atoms with Crippen molar-refractivity contribution in [3.05, 3.63) is 417 Å². The molecule has 18 rings (SSSR count). The largest absolute Gasteiger partial charge is 0.512 e. The number of halogens is 2. The van der Waals surface area contributed by atoms with Crippen LogP contribution in [-0.2, 0) is 137 Å². The summed E-state index contributed by atoms with van der Waals surface area (Å²) in [5, 5.41) is 36.9. The summed E-state index contributed by atoms with van der Waals surface area (Å²) in [5.74, 6) is -2.40. The molecule has 8 heterocycles. The minimum atomic E-state index is -0.990. The van der Waals surface area contributed by atoms with Crippen molar-refractivity contribution in [1.82, 2.24) is 34.9 Å². The molecule has 670 valence electrons. The fraction of sp³-hybridized carbons (Fsp3) is 0.121. The summed E-state index contributed by atoms with van der Waals surface area (Å²) in [6.45, 7) is 10.0. The maximum Gasteiger partial charge on any atom is 0.354 e. The molecule has 6 radical (unpaired) electrons. The average molecular weight is 2790 g/mol. The fourth-order valence-corrected chi connectivity index (χ4v) is 13.5. The van der Waals surface area contributed by atoms with Crippen LogP contribution in [0.1, 0.15) is 94.8 Å². The number of hydrogen-bond acceptors (Lipinski definition) is 13. The molecular formula is C107H91F2Ir6N7O6S-6. The summed E-state index contributed by atoms with van der Waals surface area (Å²) in [6, 6.07) is 111. The van der Waals surface area contributed by atoms with Crippen molar-refractivity contribution in [2.45, 2.75) is 86.5 Å². The molecule has 0 spiro atoms. The van der Waals surface area contributed by atoms with Crippen molar-refractivity contribution in [1.29, 1.82) is 0 Å². The van der Waals surface area contributed by atoms with Crippen LogP contribution in [0.15, 0.2) is 352 Å². The van der Waals surface area contributed by atoms with Gasteiger partial charge in [0.05, 0.1) is 11.5 Å². The maximum atomic E-state index is 13.2. The van der Waals surface area contributed by atoms with Crippen molar-refractivity contribution < 1.29 is 159 Å². The molecule has 8 aromatic heterocycles. The van der Waals surface area contributed by atoms with Crippen LogP contribution in [0, 0.1) is 55.0 Å². The second-order valence-corrected chi connectivity index (χ2v) is 29.0. The van der Waals surface area contributed by atoms with Crippen LogP contribution in [0.3, 0.4) is 0 Å². The Morgan fingerprint density at radius 3 is 1.36 bits per heavy atom. The number of ketones is 2. The smallest absolute Gasteiger partial charge is 0.354 e. The van der Waals surface area contributed by atoms with Gasteiger partial charge < -0.3 is 45.2 Å². The predicted molar refractivity (Wildman–Crippen MR) is 496 cm³/mol. The van der Waals surface area contributed by atoms with Crippen molar-refractivity contribution in [3.8, 4) is 55.6 Å². The molecule has 22 heteroatoms. The first-order chi connectivity index (χ1) is 59.9. The standard InChI is InChI=1S/C23H26N.C16H12N.C15H10N.C13H8NS.C13H8N.C11H6F2N.C6H5NO2.2C5H8O2.6Ir/c1-2-3-4-5-6-7-10-19-13-15-21(16-14-19)23-22-12-9-8-11-20(22)17-18-24-23;1-12-6-8-14(9-7-12)16-15-5-3-2-4-13(15)10-11-17-16;1-2-7-13(8-3-1)15-14-9-5-4-6-12(14)10-11-16-15;1-2-7-12-10(5-1)9-13(15-12)11-6-3-4-8-14-11;1-2-6-12-10(4-1)7-8-11-5-3-9-14-13(11)12;12-8-4-5-9(10(13)7-8)11-3-1-2-6-14-11;8-6(9)5-3-1-2-4-7-5;2*1-4(6)3-5(2)7;;;;;;/h8-9,11-15,17-18H,2-7,10H2,1H3;2-8,10-11H,1H3;1-7,9-11H;1-8H;1-5,7-9H;1-4,6-7H;1-4H,(H,8,9);2*3,6H,1-2H3;;;;;;/q6*-1;;;;;;;;;. The van der Waals surface area contributed by atoms with E-state index >= 15 is 0 Å². The number of carbonyl (C=O) groups is 3. The number of carbonyl (C=O) groups excluding carboxylic acids is 2. The van der Waals surface area contributed by atoms with Crippen LogP contribution < -0.4 is 0 Å². The molecule has 0 aliphatic rings. The summed E-state index contributed by atoms with van der Waals surface area (Å²) in [6.07, 6.45) is 23.8. The Labute approximate surface area is 837 Å². The summed E-state index contributed by atoms with van der Waals surface area (Å²) < 4.78 is 27.1. The molecule has 3 N–H and O–H groups in total. The molecule has 0 saturated carbocycles. The Balaban J connectivity index is 0.000000309. The number of allylic oxidation sites excluding steroid dienone is 4. The Morgan fingerprint density at radius 2 is 0.884 bits per heavy atom. The first-order valence-electron chi connectivity index (χ1n) is 40.0. The van der Waals surface area contributed by atoms with Gasteiger partial charge in [-0.2, -0.15) is 0 Å². The molecule has 0 unspecified atom stereocenters. The number of aliphatic hydroxyl groups is 2. The molecule has 18 aromatic rings. The topological polar surface area (TPSA) is 202 Å². The maximum absolute atomic E-state index is 13.2. The van der Waals surface area contributed by atoms with Crippen molar-refractivity contribution in [2.75, 3.05) is 0 Å². The molecule has 0 bridgehead atoms.